The van der Waals surface area contributed by atoms with E-state index in [9.17, 15) is 9.59 Å². The Morgan fingerprint density at radius 1 is 0.793 bits per heavy atom. The molecule has 0 aliphatic carbocycles. The molecule has 6 nitrogen and oxygen atoms in total. The highest BCUT2D eigenvalue weighted by Crippen LogP contribution is 2.24. The smallest absolute Gasteiger partial charge is 0.339 e. The lowest BCUT2D eigenvalue weighted by atomic mass is 10.1. The van der Waals surface area contributed by atoms with E-state index in [4.69, 9.17) is 14.2 Å². The monoisotopic (exact) mass is 391 g/mol. The zero-order valence-corrected chi connectivity index (χ0v) is 16.1. The molecule has 0 radical (unpaired) electrons. The average Bonchev–Trinajstić information content (AvgIpc) is 2.78. The van der Waals surface area contributed by atoms with Gasteiger partial charge in [0.1, 0.15) is 11.5 Å². The highest BCUT2D eigenvalue weighted by molar-refractivity contribution is 5.98. The Hall–Kier alpha value is -3.80. The van der Waals surface area contributed by atoms with Gasteiger partial charge in [-0.2, -0.15) is 0 Å². The Labute approximate surface area is 169 Å². The summed E-state index contributed by atoms with van der Waals surface area (Å²) in [7, 11) is 3.09. The fourth-order valence-electron chi connectivity index (χ4n) is 2.71. The second kappa shape index (κ2) is 9.41. The number of benzene rings is 3. The van der Waals surface area contributed by atoms with Crippen molar-refractivity contribution in [2.75, 3.05) is 19.5 Å². The van der Waals surface area contributed by atoms with Gasteiger partial charge in [-0.15, -0.1) is 0 Å². The molecule has 0 aromatic heterocycles. The highest BCUT2D eigenvalue weighted by Gasteiger charge is 2.26. The molecule has 0 spiro atoms. The van der Waals surface area contributed by atoms with E-state index in [0.29, 0.717) is 28.3 Å². The summed E-state index contributed by atoms with van der Waals surface area (Å²) < 4.78 is 15.8. The highest BCUT2D eigenvalue weighted by atomic mass is 16.5. The van der Waals surface area contributed by atoms with Crippen LogP contribution in [0.3, 0.4) is 0 Å². The van der Waals surface area contributed by atoms with Gasteiger partial charge in [0, 0.05) is 17.3 Å². The van der Waals surface area contributed by atoms with E-state index in [1.54, 1.807) is 87.0 Å². The topological polar surface area (TPSA) is 73.9 Å². The van der Waals surface area contributed by atoms with E-state index < -0.39 is 18.0 Å². The van der Waals surface area contributed by atoms with E-state index in [0.717, 1.165) is 0 Å². The first kappa shape index (κ1) is 19.9. The molecule has 6 heteroatoms. The number of nitrogens with one attached hydrogen (secondary N) is 1. The normalized spacial score (nSPS) is 11.2. The molecule has 1 atom stereocenters. The van der Waals surface area contributed by atoms with Crippen molar-refractivity contribution < 1.29 is 23.8 Å². The summed E-state index contributed by atoms with van der Waals surface area (Å²) in [5.74, 6) is 0.153. The van der Waals surface area contributed by atoms with Crippen LogP contribution in [0.25, 0.3) is 0 Å². The maximum absolute atomic E-state index is 12.9. The van der Waals surface area contributed by atoms with E-state index in [1.165, 1.54) is 0 Å². The van der Waals surface area contributed by atoms with E-state index >= 15 is 0 Å². The molecule has 0 aliphatic rings. The minimum atomic E-state index is -1.11. The van der Waals surface area contributed by atoms with Crippen LogP contribution >= 0.6 is 0 Å². The Morgan fingerprint density at radius 2 is 1.48 bits per heavy atom. The number of carbonyl (C=O) groups excluding carboxylic acids is 2. The summed E-state index contributed by atoms with van der Waals surface area (Å²) in [6, 6.07) is 22.3. The Kier molecular flexibility index (Phi) is 6.47. The summed E-state index contributed by atoms with van der Waals surface area (Å²) in [4.78, 5) is 25.6. The molecule has 3 aromatic carbocycles. The number of ether oxygens (including phenoxy) is 3. The zero-order valence-electron chi connectivity index (χ0n) is 16.1. The molecule has 0 fully saturated rings. The number of methoxy groups -OCH3 is 2. The van der Waals surface area contributed by atoms with Gasteiger partial charge in [-0.1, -0.05) is 36.4 Å². The average molecular weight is 391 g/mol. The van der Waals surface area contributed by atoms with Crippen molar-refractivity contribution in [3.8, 4) is 11.5 Å². The molecule has 1 N–H and O–H groups in total. The first-order valence-corrected chi connectivity index (χ1v) is 8.95. The van der Waals surface area contributed by atoms with Crippen molar-refractivity contribution in [1.82, 2.24) is 0 Å². The number of hydrogen-bond acceptors (Lipinski definition) is 5. The maximum Gasteiger partial charge on any atom is 0.339 e. The minimum absolute atomic E-state index is 0.320. The van der Waals surface area contributed by atoms with Crippen molar-refractivity contribution in [3.63, 3.8) is 0 Å². The van der Waals surface area contributed by atoms with Crippen LogP contribution in [0.2, 0.25) is 0 Å². The van der Waals surface area contributed by atoms with Gasteiger partial charge in [-0.05, 0) is 36.4 Å². The number of amides is 1. The third-order valence-corrected chi connectivity index (χ3v) is 4.23. The second-order valence-electron chi connectivity index (χ2n) is 6.15. The summed E-state index contributed by atoms with van der Waals surface area (Å²) in [5, 5.41) is 2.77. The largest absolute Gasteiger partial charge is 0.497 e. The number of anilines is 1. The SMILES string of the molecule is COc1ccc(C(=O)O[C@H](C(=O)Nc2cccc(OC)c2)c2ccccc2)cc1. The molecule has 0 saturated heterocycles. The number of carbonyl (C=O) groups is 2. The van der Waals surface area contributed by atoms with Gasteiger partial charge in [0.05, 0.1) is 19.8 Å². The van der Waals surface area contributed by atoms with Crippen LogP contribution in [0.4, 0.5) is 5.69 Å². The van der Waals surface area contributed by atoms with Gasteiger partial charge in [-0.3, -0.25) is 4.79 Å². The summed E-state index contributed by atoms with van der Waals surface area (Å²) in [6.45, 7) is 0. The van der Waals surface area contributed by atoms with E-state index in [2.05, 4.69) is 5.32 Å². The second-order valence-corrected chi connectivity index (χ2v) is 6.15. The van der Waals surface area contributed by atoms with Crippen molar-refractivity contribution in [2.45, 2.75) is 6.10 Å². The summed E-state index contributed by atoms with van der Waals surface area (Å²) >= 11 is 0. The standard InChI is InChI=1S/C23H21NO5/c1-27-19-13-11-17(12-14-19)23(26)29-21(16-7-4-3-5-8-16)22(25)24-18-9-6-10-20(15-18)28-2/h3-15,21H,1-2H3,(H,24,25)/t21-/m0/s1. The van der Waals surface area contributed by atoms with Crippen LogP contribution in [0.5, 0.6) is 11.5 Å². The van der Waals surface area contributed by atoms with Gasteiger partial charge in [0.2, 0.25) is 6.10 Å². The van der Waals surface area contributed by atoms with Crippen LogP contribution in [0.15, 0.2) is 78.9 Å². The predicted molar refractivity (Wildman–Crippen MR) is 109 cm³/mol. The van der Waals surface area contributed by atoms with E-state index in [1.807, 2.05) is 6.07 Å². The van der Waals surface area contributed by atoms with Crippen molar-refractivity contribution in [1.29, 1.82) is 0 Å². The van der Waals surface area contributed by atoms with Gasteiger partial charge in [0.15, 0.2) is 0 Å². The Bertz CT molecular complexity index is 970. The van der Waals surface area contributed by atoms with E-state index in [-0.39, 0.29) is 0 Å². The molecule has 0 aliphatic heterocycles. The Morgan fingerprint density at radius 3 is 2.14 bits per heavy atom. The van der Waals surface area contributed by atoms with Gasteiger partial charge in [-0.25, -0.2) is 4.79 Å². The molecule has 0 bridgehead atoms. The Balaban J connectivity index is 1.82. The zero-order chi connectivity index (χ0) is 20.6. The fraction of sp³-hybridized carbons (Fsp3) is 0.130. The molecule has 1 amide bonds. The van der Waals surface area contributed by atoms with Gasteiger partial charge in [0.25, 0.3) is 5.91 Å². The van der Waals surface area contributed by atoms with Crippen LogP contribution in [-0.2, 0) is 9.53 Å². The quantitative estimate of drug-likeness (QED) is 0.610. The lowest BCUT2D eigenvalue weighted by Crippen LogP contribution is -2.26. The van der Waals surface area contributed by atoms with Crippen LogP contribution in [0, 0.1) is 0 Å². The molecule has 148 valence electrons. The molecule has 3 aromatic rings. The third-order valence-electron chi connectivity index (χ3n) is 4.23. The molecular formula is C23H21NO5. The summed E-state index contributed by atoms with van der Waals surface area (Å²) in [5.41, 5.74) is 1.42. The number of hydrogen-bond donors (Lipinski definition) is 1. The lowest BCUT2D eigenvalue weighted by Gasteiger charge is -2.18. The molecular weight excluding hydrogens is 370 g/mol. The molecule has 29 heavy (non-hydrogen) atoms. The van der Waals surface area contributed by atoms with Crippen LogP contribution in [0.1, 0.15) is 22.0 Å². The fourth-order valence-corrected chi connectivity index (χ4v) is 2.71. The first-order valence-electron chi connectivity index (χ1n) is 8.95. The molecule has 0 unspecified atom stereocenters. The van der Waals surface area contributed by atoms with Crippen LogP contribution < -0.4 is 14.8 Å². The molecule has 0 heterocycles. The first-order chi connectivity index (χ1) is 14.1. The maximum atomic E-state index is 12.9. The summed E-state index contributed by atoms with van der Waals surface area (Å²) in [6.07, 6.45) is -1.11. The lowest BCUT2D eigenvalue weighted by molar-refractivity contribution is -0.125. The third kappa shape index (κ3) is 5.13. The predicted octanol–water partition coefficient (Wildman–Crippen LogP) is 4.24. The number of esters is 1. The van der Waals surface area contributed by atoms with Gasteiger partial charge >= 0.3 is 5.97 Å². The molecule has 3 rings (SSSR count). The van der Waals surface area contributed by atoms with Crippen LogP contribution in [-0.4, -0.2) is 26.1 Å². The number of rotatable bonds is 7. The van der Waals surface area contributed by atoms with Gasteiger partial charge < -0.3 is 19.5 Å². The molecule has 0 saturated carbocycles. The van der Waals surface area contributed by atoms with Crippen molar-refractivity contribution >= 4 is 17.6 Å². The minimum Gasteiger partial charge on any atom is -0.497 e. The van der Waals surface area contributed by atoms with Crippen molar-refractivity contribution in [2.24, 2.45) is 0 Å². The van der Waals surface area contributed by atoms with Crippen molar-refractivity contribution in [3.05, 3.63) is 90.0 Å².